The second-order valence-corrected chi connectivity index (χ2v) is 5.89. The van der Waals surface area contributed by atoms with Crippen LogP contribution >= 0.6 is 0 Å². The standard InChI is InChI=1S/C16H19FN4O/c17-13-2-3-15(21-6-1-4-19-21)12(8-13)9-20-10-14-16(11-20)22-7-5-18-14/h1-4,6,8,14,16,18H,5,7,9-11H2/t14-,16-/m0/s1. The summed E-state index contributed by atoms with van der Waals surface area (Å²) >= 11 is 0. The molecule has 1 aromatic heterocycles. The van der Waals surface area contributed by atoms with E-state index in [1.807, 2.05) is 12.3 Å². The summed E-state index contributed by atoms with van der Waals surface area (Å²) in [5.74, 6) is -0.211. The first kappa shape index (κ1) is 13.9. The lowest BCUT2D eigenvalue weighted by molar-refractivity contribution is 0.0175. The molecular weight excluding hydrogens is 283 g/mol. The molecule has 1 aromatic carbocycles. The average molecular weight is 302 g/mol. The van der Waals surface area contributed by atoms with Gasteiger partial charge in [0.05, 0.1) is 18.4 Å². The van der Waals surface area contributed by atoms with Crippen LogP contribution in [0.2, 0.25) is 0 Å². The first-order valence-electron chi connectivity index (χ1n) is 7.65. The molecule has 2 aliphatic rings. The largest absolute Gasteiger partial charge is 0.374 e. The number of likely N-dealkylation sites (tertiary alicyclic amines) is 1. The van der Waals surface area contributed by atoms with E-state index in [2.05, 4.69) is 15.3 Å². The van der Waals surface area contributed by atoms with Gasteiger partial charge in [-0.25, -0.2) is 9.07 Å². The Morgan fingerprint density at radius 3 is 3.14 bits per heavy atom. The maximum absolute atomic E-state index is 13.7. The highest BCUT2D eigenvalue weighted by molar-refractivity contribution is 5.40. The molecule has 4 rings (SSSR count). The SMILES string of the molecule is Fc1ccc(-n2cccn2)c(CN2C[C@@H]3NCCO[C@H]3C2)c1. The van der Waals surface area contributed by atoms with Crippen molar-refractivity contribution in [1.29, 1.82) is 0 Å². The second kappa shape index (κ2) is 5.79. The number of nitrogens with zero attached hydrogens (tertiary/aromatic N) is 3. The number of benzene rings is 1. The van der Waals surface area contributed by atoms with Gasteiger partial charge in [0.2, 0.25) is 0 Å². The summed E-state index contributed by atoms with van der Waals surface area (Å²) in [7, 11) is 0. The lowest BCUT2D eigenvalue weighted by Crippen LogP contribution is -2.47. The van der Waals surface area contributed by atoms with Crippen LogP contribution in [0.3, 0.4) is 0 Å². The Morgan fingerprint density at radius 2 is 2.32 bits per heavy atom. The van der Waals surface area contributed by atoms with E-state index in [1.165, 1.54) is 6.07 Å². The molecule has 0 aliphatic carbocycles. The van der Waals surface area contributed by atoms with E-state index < -0.39 is 0 Å². The van der Waals surface area contributed by atoms with Crippen LogP contribution in [0.5, 0.6) is 0 Å². The molecule has 0 amide bonds. The van der Waals surface area contributed by atoms with E-state index in [9.17, 15) is 4.39 Å². The molecule has 22 heavy (non-hydrogen) atoms. The van der Waals surface area contributed by atoms with Crippen LogP contribution in [0.15, 0.2) is 36.7 Å². The van der Waals surface area contributed by atoms with Crippen LogP contribution in [0, 0.1) is 5.82 Å². The highest BCUT2D eigenvalue weighted by atomic mass is 19.1. The van der Waals surface area contributed by atoms with E-state index in [-0.39, 0.29) is 11.9 Å². The van der Waals surface area contributed by atoms with Crippen molar-refractivity contribution in [3.63, 3.8) is 0 Å². The van der Waals surface area contributed by atoms with E-state index in [1.54, 1.807) is 23.0 Å². The van der Waals surface area contributed by atoms with E-state index >= 15 is 0 Å². The van der Waals surface area contributed by atoms with Crippen molar-refractivity contribution in [2.24, 2.45) is 0 Å². The number of hydrogen-bond acceptors (Lipinski definition) is 4. The number of morpholine rings is 1. The molecule has 0 unspecified atom stereocenters. The summed E-state index contributed by atoms with van der Waals surface area (Å²) in [6, 6.07) is 7.13. The van der Waals surface area contributed by atoms with Crippen molar-refractivity contribution in [2.45, 2.75) is 18.7 Å². The van der Waals surface area contributed by atoms with Gasteiger partial charge in [-0.3, -0.25) is 4.90 Å². The molecule has 0 bridgehead atoms. The Labute approximate surface area is 128 Å². The molecule has 116 valence electrons. The van der Waals surface area contributed by atoms with E-state index in [0.717, 1.165) is 37.5 Å². The predicted octanol–water partition coefficient (Wildman–Crippen LogP) is 1.18. The Balaban J connectivity index is 1.56. The van der Waals surface area contributed by atoms with E-state index in [4.69, 9.17) is 4.74 Å². The first-order valence-corrected chi connectivity index (χ1v) is 7.65. The van der Waals surface area contributed by atoms with Gasteiger partial charge in [0.25, 0.3) is 0 Å². The molecule has 1 N–H and O–H groups in total. The molecular formula is C16H19FN4O. The van der Waals surface area contributed by atoms with Gasteiger partial charge in [0, 0.05) is 44.6 Å². The Bertz CT molecular complexity index is 632. The lowest BCUT2D eigenvalue weighted by atomic mass is 10.1. The van der Waals surface area contributed by atoms with Crippen LogP contribution in [0.4, 0.5) is 4.39 Å². The van der Waals surface area contributed by atoms with E-state index in [0.29, 0.717) is 12.6 Å². The molecule has 0 spiro atoms. The van der Waals surface area contributed by atoms with Crippen LogP contribution in [-0.4, -0.2) is 53.1 Å². The molecule has 5 nitrogen and oxygen atoms in total. The second-order valence-electron chi connectivity index (χ2n) is 5.89. The molecule has 3 heterocycles. The zero-order chi connectivity index (χ0) is 14.9. The Kier molecular flexibility index (Phi) is 3.65. The number of aromatic nitrogens is 2. The van der Waals surface area contributed by atoms with Gasteiger partial charge in [0.15, 0.2) is 0 Å². The van der Waals surface area contributed by atoms with Gasteiger partial charge in [0.1, 0.15) is 5.82 Å². The van der Waals surface area contributed by atoms with Crippen molar-refractivity contribution >= 4 is 0 Å². The molecule has 2 atom stereocenters. The summed E-state index contributed by atoms with van der Waals surface area (Å²) in [5, 5.41) is 7.75. The van der Waals surface area contributed by atoms with Crippen molar-refractivity contribution in [2.75, 3.05) is 26.2 Å². The Morgan fingerprint density at radius 1 is 1.36 bits per heavy atom. The summed E-state index contributed by atoms with van der Waals surface area (Å²) in [6.45, 7) is 4.19. The van der Waals surface area contributed by atoms with Gasteiger partial charge in [-0.1, -0.05) is 0 Å². The number of nitrogens with one attached hydrogen (secondary N) is 1. The van der Waals surface area contributed by atoms with Crippen LogP contribution in [-0.2, 0) is 11.3 Å². The monoisotopic (exact) mass is 302 g/mol. The fraction of sp³-hybridized carbons (Fsp3) is 0.438. The minimum absolute atomic E-state index is 0.211. The van der Waals surface area contributed by atoms with Crippen LogP contribution in [0.1, 0.15) is 5.56 Å². The summed E-state index contributed by atoms with van der Waals surface area (Å²) in [6.07, 6.45) is 3.86. The van der Waals surface area contributed by atoms with Gasteiger partial charge < -0.3 is 10.1 Å². The maximum atomic E-state index is 13.7. The highest BCUT2D eigenvalue weighted by Crippen LogP contribution is 2.22. The molecule has 2 fully saturated rings. The smallest absolute Gasteiger partial charge is 0.123 e. The lowest BCUT2D eigenvalue weighted by Gasteiger charge is -2.25. The van der Waals surface area contributed by atoms with Gasteiger partial charge in [-0.05, 0) is 29.8 Å². The molecule has 0 saturated carbocycles. The zero-order valence-electron chi connectivity index (χ0n) is 12.3. The normalized spacial score (nSPS) is 25.3. The topological polar surface area (TPSA) is 42.3 Å². The van der Waals surface area contributed by atoms with Crippen molar-refractivity contribution in [3.8, 4) is 5.69 Å². The quantitative estimate of drug-likeness (QED) is 0.925. The number of halogens is 1. The van der Waals surface area contributed by atoms with Crippen LogP contribution in [0.25, 0.3) is 5.69 Å². The third kappa shape index (κ3) is 2.65. The zero-order valence-corrected chi connectivity index (χ0v) is 12.3. The van der Waals surface area contributed by atoms with Gasteiger partial charge >= 0.3 is 0 Å². The van der Waals surface area contributed by atoms with Crippen LogP contribution < -0.4 is 5.32 Å². The fourth-order valence-electron chi connectivity index (χ4n) is 3.36. The van der Waals surface area contributed by atoms with Crippen molar-refractivity contribution < 1.29 is 9.13 Å². The number of ether oxygens (including phenoxy) is 1. The Hall–Kier alpha value is -1.76. The van der Waals surface area contributed by atoms with Gasteiger partial charge in [-0.15, -0.1) is 0 Å². The maximum Gasteiger partial charge on any atom is 0.123 e. The first-order chi connectivity index (χ1) is 10.8. The minimum Gasteiger partial charge on any atom is -0.374 e. The molecule has 6 heteroatoms. The summed E-state index contributed by atoms with van der Waals surface area (Å²) < 4.78 is 21.3. The predicted molar refractivity (Wildman–Crippen MR) is 80.3 cm³/mol. The third-order valence-corrected chi connectivity index (χ3v) is 4.37. The molecule has 2 aliphatic heterocycles. The number of fused-ring (bicyclic) bond motifs is 1. The van der Waals surface area contributed by atoms with Crippen molar-refractivity contribution in [3.05, 3.63) is 48.0 Å². The molecule has 0 radical (unpaired) electrons. The summed E-state index contributed by atoms with van der Waals surface area (Å²) in [4.78, 5) is 2.31. The third-order valence-electron chi connectivity index (χ3n) is 4.37. The highest BCUT2D eigenvalue weighted by Gasteiger charge is 2.35. The average Bonchev–Trinajstić information content (AvgIpc) is 3.15. The number of hydrogen-bond donors (Lipinski definition) is 1. The number of rotatable bonds is 3. The minimum atomic E-state index is -0.211. The van der Waals surface area contributed by atoms with Gasteiger partial charge in [-0.2, -0.15) is 5.10 Å². The fourth-order valence-corrected chi connectivity index (χ4v) is 3.36. The molecule has 2 saturated heterocycles. The molecule has 2 aromatic rings. The summed E-state index contributed by atoms with van der Waals surface area (Å²) in [5.41, 5.74) is 1.87. The van der Waals surface area contributed by atoms with Crippen molar-refractivity contribution in [1.82, 2.24) is 20.0 Å².